The van der Waals surface area contributed by atoms with Crippen molar-refractivity contribution in [2.75, 3.05) is 12.4 Å². The fraction of sp³-hybridized carbons (Fsp3) is 0.0714. The number of hydrogen-bond acceptors (Lipinski definition) is 6. The number of halogens is 3. The summed E-state index contributed by atoms with van der Waals surface area (Å²) in [5.74, 6) is -1.03. The quantitative estimate of drug-likeness (QED) is 0.729. The molecule has 0 aliphatic heterocycles. The Hall–Kier alpha value is -2.74. The first-order chi connectivity index (χ1) is 11.1. The van der Waals surface area contributed by atoms with E-state index in [0.717, 1.165) is 12.1 Å². The predicted molar refractivity (Wildman–Crippen MR) is 78.7 cm³/mol. The number of hydrogen-bond donors (Lipinski definition) is 1. The van der Waals surface area contributed by atoms with Gasteiger partial charge in [-0.2, -0.15) is 0 Å². The van der Waals surface area contributed by atoms with Gasteiger partial charge in [0.05, 0.1) is 7.11 Å². The number of rotatable bonds is 4. The second-order valence-electron chi connectivity index (χ2n) is 4.38. The molecule has 0 bridgehead atoms. The van der Waals surface area contributed by atoms with E-state index in [4.69, 9.17) is 20.9 Å². The van der Waals surface area contributed by atoms with Crippen molar-refractivity contribution in [1.29, 1.82) is 0 Å². The summed E-state index contributed by atoms with van der Waals surface area (Å²) in [5, 5.41) is 6.54. The average Bonchev–Trinajstić information content (AvgIpc) is 2.97. The summed E-state index contributed by atoms with van der Waals surface area (Å²) >= 11 is 5.67. The number of anilines is 2. The minimum atomic E-state index is -0.705. The molecule has 0 saturated carbocycles. The van der Waals surface area contributed by atoms with E-state index in [0.29, 0.717) is 5.82 Å². The first kappa shape index (κ1) is 15.2. The van der Waals surface area contributed by atoms with Crippen molar-refractivity contribution < 1.29 is 18.0 Å². The van der Waals surface area contributed by atoms with E-state index in [-0.39, 0.29) is 28.2 Å². The van der Waals surface area contributed by atoms with Gasteiger partial charge in [0.2, 0.25) is 11.2 Å². The zero-order valence-electron chi connectivity index (χ0n) is 11.7. The lowest BCUT2D eigenvalue weighted by atomic mass is 10.1. The number of nitrogens with zero attached hydrogens (tertiary/aromatic N) is 3. The Bertz CT molecular complexity index is 857. The van der Waals surface area contributed by atoms with Crippen LogP contribution in [0.4, 0.5) is 20.5 Å². The van der Waals surface area contributed by atoms with Crippen LogP contribution in [0.5, 0.6) is 5.75 Å². The third kappa shape index (κ3) is 3.21. The molecule has 0 saturated heterocycles. The van der Waals surface area contributed by atoms with Gasteiger partial charge in [-0.1, -0.05) is 5.16 Å². The number of benzene rings is 1. The Balaban J connectivity index is 1.89. The zero-order valence-corrected chi connectivity index (χ0v) is 12.4. The van der Waals surface area contributed by atoms with Crippen LogP contribution in [0.25, 0.3) is 11.3 Å². The maximum absolute atomic E-state index is 14.0. The normalized spacial score (nSPS) is 10.6. The lowest BCUT2D eigenvalue weighted by Gasteiger charge is -2.04. The molecule has 0 aliphatic rings. The summed E-state index contributed by atoms with van der Waals surface area (Å²) in [6.07, 6.45) is 1.45. The van der Waals surface area contributed by atoms with Crippen LogP contribution in [0.2, 0.25) is 5.28 Å². The lowest BCUT2D eigenvalue weighted by Crippen LogP contribution is -1.93. The zero-order chi connectivity index (χ0) is 16.4. The van der Waals surface area contributed by atoms with Crippen molar-refractivity contribution in [3.63, 3.8) is 0 Å². The Labute approximate surface area is 134 Å². The van der Waals surface area contributed by atoms with Crippen LogP contribution < -0.4 is 10.1 Å². The Morgan fingerprint density at radius 3 is 2.78 bits per heavy atom. The van der Waals surface area contributed by atoms with E-state index in [2.05, 4.69) is 20.4 Å². The highest BCUT2D eigenvalue weighted by molar-refractivity contribution is 6.28. The summed E-state index contributed by atoms with van der Waals surface area (Å²) in [5.41, 5.74) is 0.0625. The second-order valence-corrected chi connectivity index (χ2v) is 4.72. The van der Waals surface area contributed by atoms with Crippen molar-refractivity contribution >= 4 is 23.3 Å². The van der Waals surface area contributed by atoms with Gasteiger partial charge in [-0.15, -0.1) is 0 Å². The smallest absolute Gasteiger partial charge is 0.230 e. The molecule has 3 aromatic rings. The monoisotopic (exact) mass is 338 g/mol. The van der Waals surface area contributed by atoms with Crippen molar-refractivity contribution in [2.24, 2.45) is 0 Å². The number of ether oxygens (including phenoxy) is 1. The maximum atomic E-state index is 14.0. The van der Waals surface area contributed by atoms with Crippen molar-refractivity contribution in [3.8, 4) is 17.0 Å². The molecule has 9 heteroatoms. The van der Waals surface area contributed by atoms with Crippen LogP contribution in [-0.4, -0.2) is 22.2 Å². The highest BCUT2D eigenvalue weighted by atomic mass is 35.5. The Morgan fingerprint density at radius 2 is 2.04 bits per heavy atom. The van der Waals surface area contributed by atoms with Gasteiger partial charge < -0.3 is 14.6 Å². The molecule has 0 radical (unpaired) electrons. The third-order valence-electron chi connectivity index (χ3n) is 2.91. The van der Waals surface area contributed by atoms with E-state index in [9.17, 15) is 8.78 Å². The fourth-order valence-electron chi connectivity index (χ4n) is 1.87. The van der Waals surface area contributed by atoms with Gasteiger partial charge >= 0.3 is 0 Å². The first-order valence-corrected chi connectivity index (χ1v) is 6.70. The molecule has 1 N–H and O–H groups in total. The average molecular weight is 339 g/mol. The summed E-state index contributed by atoms with van der Waals surface area (Å²) < 4.78 is 37.5. The summed E-state index contributed by atoms with van der Waals surface area (Å²) in [6.45, 7) is 0. The molecule has 2 aromatic heterocycles. The van der Waals surface area contributed by atoms with Crippen molar-refractivity contribution in [1.82, 2.24) is 15.1 Å². The standard InChI is InChI=1S/C14H9ClF2N4O2/c1-22-11-5-8(16)7(4-9(11)17)10-6-13(23-21-10)19-12-2-3-18-14(15)20-12/h2-6H,1H3,(H,18,19,20). The van der Waals surface area contributed by atoms with Crippen LogP contribution in [0.1, 0.15) is 0 Å². The van der Waals surface area contributed by atoms with Gasteiger partial charge in [-0.25, -0.2) is 18.7 Å². The van der Waals surface area contributed by atoms with Crippen LogP contribution in [0.15, 0.2) is 35.0 Å². The van der Waals surface area contributed by atoms with Crippen molar-refractivity contribution in [2.45, 2.75) is 0 Å². The van der Waals surface area contributed by atoms with E-state index < -0.39 is 11.6 Å². The largest absolute Gasteiger partial charge is 0.494 e. The molecule has 0 aliphatic carbocycles. The molecule has 0 unspecified atom stereocenters. The van der Waals surface area contributed by atoms with E-state index in [1.165, 1.54) is 19.4 Å². The van der Waals surface area contributed by atoms with E-state index in [1.54, 1.807) is 6.07 Å². The molecule has 23 heavy (non-hydrogen) atoms. The van der Waals surface area contributed by atoms with Gasteiger partial charge in [0.25, 0.3) is 0 Å². The maximum Gasteiger partial charge on any atom is 0.230 e. The SMILES string of the molecule is COc1cc(F)c(-c2cc(Nc3ccnc(Cl)n3)on2)cc1F. The topological polar surface area (TPSA) is 73.1 Å². The molecule has 6 nitrogen and oxygen atoms in total. The molecule has 2 heterocycles. The number of aromatic nitrogens is 3. The molecule has 0 spiro atoms. The Kier molecular flexibility index (Phi) is 4.07. The van der Waals surface area contributed by atoms with E-state index in [1.807, 2.05) is 0 Å². The molecular formula is C14H9ClF2N4O2. The van der Waals surface area contributed by atoms with Crippen LogP contribution in [0.3, 0.4) is 0 Å². The number of methoxy groups -OCH3 is 1. The van der Waals surface area contributed by atoms with Crippen LogP contribution in [-0.2, 0) is 0 Å². The van der Waals surface area contributed by atoms with Gasteiger partial charge in [-0.3, -0.25) is 0 Å². The summed E-state index contributed by atoms with van der Waals surface area (Å²) in [7, 11) is 1.25. The molecule has 3 rings (SSSR count). The highest BCUT2D eigenvalue weighted by Crippen LogP contribution is 2.30. The Morgan fingerprint density at radius 1 is 1.22 bits per heavy atom. The van der Waals surface area contributed by atoms with Gasteiger partial charge in [0.15, 0.2) is 11.6 Å². The minimum absolute atomic E-state index is 0.0537. The van der Waals surface area contributed by atoms with Gasteiger partial charge in [-0.05, 0) is 23.7 Å². The second kappa shape index (κ2) is 6.17. The molecule has 0 amide bonds. The summed E-state index contributed by atoms with van der Waals surface area (Å²) in [6, 6.07) is 4.88. The van der Waals surface area contributed by atoms with Crippen LogP contribution in [0, 0.1) is 11.6 Å². The molecule has 118 valence electrons. The third-order valence-corrected chi connectivity index (χ3v) is 3.09. The molecule has 0 atom stereocenters. The van der Waals surface area contributed by atoms with E-state index >= 15 is 0 Å². The first-order valence-electron chi connectivity index (χ1n) is 6.32. The minimum Gasteiger partial charge on any atom is -0.494 e. The highest BCUT2D eigenvalue weighted by Gasteiger charge is 2.16. The predicted octanol–water partition coefficient (Wildman–Crippen LogP) is 3.82. The molecule has 1 aromatic carbocycles. The van der Waals surface area contributed by atoms with Gasteiger partial charge in [0, 0.05) is 23.9 Å². The van der Waals surface area contributed by atoms with Crippen molar-refractivity contribution in [3.05, 3.63) is 47.4 Å². The van der Waals surface area contributed by atoms with Crippen LogP contribution >= 0.6 is 11.6 Å². The molecule has 0 fully saturated rings. The van der Waals surface area contributed by atoms with Gasteiger partial charge in [0.1, 0.15) is 17.3 Å². The number of nitrogens with one attached hydrogen (secondary N) is 1. The fourth-order valence-corrected chi connectivity index (χ4v) is 2.02. The lowest BCUT2D eigenvalue weighted by molar-refractivity contribution is 0.383. The summed E-state index contributed by atoms with van der Waals surface area (Å²) in [4.78, 5) is 7.65. The molecular weight excluding hydrogens is 330 g/mol.